The Morgan fingerprint density at radius 1 is 1.12 bits per heavy atom. The third kappa shape index (κ3) is 4.59. The molecule has 2 aliphatic rings. The first kappa shape index (κ1) is 22.8. The first-order valence-corrected chi connectivity index (χ1v) is 11.8. The largest absolute Gasteiger partial charge is 0.483 e. The van der Waals surface area contributed by atoms with Crippen LogP contribution >= 0.6 is 0 Å². The van der Waals surface area contributed by atoms with Crippen LogP contribution in [-0.2, 0) is 17.6 Å². The summed E-state index contributed by atoms with van der Waals surface area (Å²) in [5.74, 6) is 1.39. The molecule has 0 saturated heterocycles. The summed E-state index contributed by atoms with van der Waals surface area (Å²) < 4.78 is 2.52. The molecule has 1 N–H and O–H groups in total. The van der Waals surface area contributed by atoms with Crippen molar-refractivity contribution in [3.63, 3.8) is 0 Å². The van der Waals surface area contributed by atoms with E-state index < -0.39 is 0 Å². The summed E-state index contributed by atoms with van der Waals surface area (Å²) in [7, 11) is 2.21. The molecule has 1 saturated carbocycles. The van der Waals surface area contributed by atoms with Crippen molar-refractivity contribution < 1.29 is 9.90 Å². The molecule has 0 spiro atoms. The molecular weight excluding hydrogens is 412 g/mol. The van der Waals surface area contributed by atoms with Crippen molar-refractivity contribution in [1.82, 2.24) is 9.55 Å². The van der Waals surface area contributed by atoms with Gasteiger partial charge in [-0.2, -0.15) is 5.26 Å². The van der Waals surface area contributed by atoms with Crippen molar-refractivity contribution in [2.24, 2.45) is 5.92 Å². The minimum absolute atomic E-state index is 0.219. The summed E-state index contributed by atoms with van der Waals surface area (Å²) in [6.45, 7) is 2.06. The predicted octanol–water partition coefficient (Wildman–Crippen LogP) is 5.35. The van der Waals surface area contributed by atoms with Gasteiger partial charge < -0.3 is 14.6 Å². The molecule has 33 heavy (non-hydrogen) atoms. The second kappa shape index (κ2) is 10.1. The van der Waals surface area contributed by atoms with E-state index >= 15 is 0 Å². The van der Waals surface area contributed by atoms with Gasteiger partial charge in [0.2, 0.25) is 0 Å². The molecule has 1 aliphatic carbocycles. The van der Waals surface area contributed by atoms with E-state index in [0.717, 1.165) is 38.5 Å². The van der Waals surface area contributed by atoms with Crippen molar-refractivity contribution >= 4 is 23.2 Å². The number of carbonyl (C=O) groups is 1. The van der Waals surface area contributed by atoms with Gasteiger partial charge in [0.25, 0.3) is 6.47 Å². The number of imidazole rings is 1. The van der Waals surface area contributed by atoms with Crippen LogP contribution in [0, 0.1) is 17.2 Å². The second-order valence-electron chi connectivity index (χ2n) is 9.23. The highest BCUT2D eigenvalue weighted by atomic mass is 16.3. The van der Waals surface area contributed by atoms with Crippen LogP contribution in [0.2, 0.25) is 0 Å². The molecule has 2 heterocycles. The number of hydrogen-bond acceptors (Lipinski definition) is 4. The number of nitriles is 1. The highest BCUT2D eigenvalue weighted by Gasteiger charge is 2.29. The van der Waals surface area contributed by atoms with Crippen molar-refractivity contribution in [3.05, 3.63) is 59.4 Å². The number of fused-ring (bicyclic) bond motifs is 3. The van der Waals surface area contributed by atoms with E-state index in [1.807, 2.05) is 0 Å². The Hall–Kier alpha value is -3.33. The smallest absolute Gasteiger partial charge is 0.290 e. The zero-order chi connectivity index (χ0) is 23.4. The maximum atomic E-state index is 9.33. The molecule has 0 amide bonds. The van der Waals surface area contributed by atoms with Gasteiger partial charge in [-0.05, 0) is 63.1 Å². The standard InChI is InChI=1S/C26H30N4.CH2O2/c1-18-8-13-22-23(29(18)2)14-15-24-26(22)28-25(16-19-6-4-3-5-7-19)30(24)21-11-9-20(17-27)10-12-21;2-1-3/h3-7,14-15,18,20-21H,8-13,16H2,1-2H3;1H,(H,2,3). The van der Waals surface area contributed by atoms with Gasteiger partial charge in [0.1, 0.15) is 5.82 Å². The van der Waals surface area contributed by atoms with E-state index in [1.54, 1.807) is 0 Å². The Balaban J connectivity index is 0.000000821. The maximum Gasteiger partial charge on any atom is 0.290 e. The van der Waals surface area contributed by atoms with Crippen LogP contribution in [0.25, 0.3) is 11.0 Å². The van der Waals surface area contributed by atoms with Gasteiger partial charge >= 0.3 is 0 Å². The minimum atomic E-state index is -0.250. The molecule has 6 nitrogen and oxygen atoms in total. The third-order valence-corrected chi connectivity index (χ3v) is 7.32. The van der Waals surface area contributed by atoms with E-state index in [9.17, 15) is 5.26 Å². The number of anilines is 1. The molecule has 2 aromatic carbocycles. The second-order valence-corrected chi connectivity index (χ2v) is 9.23. The van der Waals surface area contributed by atoms with E-state index in [-0.39, 0.29) is 12.4 Å². The van der Waals surface area contributed by atoms with Crippen LogP contribution in [-0.4, -0.2) is 34.2 Å². The Bertz CT molecular complexity index is 1140. The summed E-state index contributed by atoms with van der Waals surface area (Å²) >= 11 is 0. The van der Waals surface area contributed by atoms with Crippen molar-refractivity contribution in [2.75, 3.05) is 11.9 Å². The number of rotatable bonds is 3. The molecule has 1 unspecified atom stereocenters. The Labute approximate surface area is 195 Å². The molecule has 1 aliphatic heterocycles. The van der Waals surface area contributed by atoms with Crippen LogP contribution in [0.5, 0.6) is 0 Å². The summed E-state index contributed by atoms with van der Waals surface area (Å²) in [6, 6.07) is 18.8. The van der Waals surface area contributed by atoms with E-state index in [4.69, 9.17) is 14.9 Å². The number of aromatic nitrogens is 2. The molecule has 5 rings (SSSR count). The number of aryl methyl sites for hydroxylation is 1. The lowest BCUT2D eigenvalue weighted by Gasteiger charge is -2.34. The highest BCUT2D eigenvalue weighted by molar-refractivity contribution is 5.86. The average molecular weight is 445 g/mol. The molecule has 172 valence electrons. The summed E-state index contributed by atoms with van der Waals surface area (Å²) in [6.07, 6.45) is 7.26. The van der Waals surface area contributed by atoms with Crippen LogP contribution in [0.1, 0.15) is 62.0 Å². The Morgan fingerprint density at radius 2 is 1.82 bits per heavy atom. The van der Waals surface area contributed by atoms with E-state index in [1.165, 1.54) is 40.1 Å². The fourth-order valence-corrected chi connectivity index (χ4v) is 5.39. The van der Waals surface area contributed by atoms with Crippen molar-refractivity contribution in [3.8, 4) is 6.07 Å². The molecule has 1 aromatic heterocycles. The lowest BCUT2D eigenvalue weighted by molar-refractivity contribution is -0.122. The van der Waals surface area contributed by atoms with E-state index in [2.05, 4.69) is 72.0 Å². The summed E-state index contributed by atoms with van der Waals surface area (Å²) in [5.41, 5.74) is 6.53. The van der Waals surface area contributed by atoms with Gasteiger partial charge in [-0.1, -0.05) is 30.3 Å². The van der Waals surface area contributed by atoms with Crippen LogP contribution in [0.3, 0.4) is 0 Å². The zero-order valence-corrected chi connectivity index (χ0v) is 19.4. The van der Waals surface area contributed by atoms with Gasteiger partial charge in [0.05, 0.1) is 17.1 Å². The first-order valence-electron chi connectivity index (χ1n) is 11.8. The van der Waals surface area contributed by atoms with Crippen molar-refractivity contribution in [2.45, 2.75) is 64.0 Å². The minimum Gasteiger partial charge on any atom is -0.483 e. The molecule has 1 atom stereocenters. The monoisotopic (exact) mass is 444 g/mol. The van der Waals surface area contributed by atoms with Crippen LogP contribution in [0.4, 0.5) is 5.69 Å². The van der Waals surface area contributed by atoms with Crippen LogP contribution in [0.15, 0.2) is 42.5 Å². The molecular formula is C27H32N4O2. The topological polar surface area (TPSA) is 82.2 Å². The summed E-state index contributed by atoms with van der Waals surface area (Å²) in [4.78, 5) is 16.0. The zero-order valence-electron chi connectivity index (χ0n) is 19.4. The molecule has 0 radical (unpaired) electrons. The van der Waals surface area contributed by atoms with Gasteiger partial charge in [-0.3, -0.25) is 4.79 Å². The lowest BCUT2D eigenvalue weighted by Crippen LogP contribution is -2.33. The van der Waals surface area contributed by atoms with Gasteiger partial charge in [0, 0.05) is 42.7 Å². The number of benzene rings is 2. The number of nitrogens with zero attached hydrogens (tertiary/aromatic N) is 4. The van der Waals surface area contributed by atoms with Gasteiger partial charge in [-0.15, -0.1) is 0 Å². The van der Waals surface area contributed by atoms with E-state index in [0.29, 0.717) is 12.1 Å². The number of carboxylic acid groups (broad SMARTS) is 1. The predicted molar refractivity (Wildman–Crippen MR) is 130 cm³/mol. The third-order valence-electron chi connectivity index (χ3n) is 7.32. The first-order chi connectivity index (χ1) is 16.1. The molecule has 6 heteroatoms. The SMILES string of the molecule is CC1CCc2c(ccc3c2nc(Cc2ccccc2)n3C2CCC(C#N)CC2)N1C.O=CO. The van der Waals surface area contributed by atoms with Crippen molar-refractivity contribution in [1.29, 1.82) is 5.26 Å². The summed E-state index contributed by atoms with van der Waals surface area (Å²) in [5, 5.41) is 16.2. The molecule has 3 aromatic rings. The van der Waals surface area contributed by atoms with Gasteiger partial charge in [0.15, 0.2) is 0 Å². The maximum absolute atomic E-state index is 9.33. The normalized spacial score (nSPS) is 22.1. The Morgan fingerprint density at radius 3 is 2.48 bits per heavy atom. The molecule has 0 bridgehead atoms. The Kier molecular flexibility index (Phi) is 6.98. The average Bonchev–Trinajstić information content (AvgIpc) is 3.20. The fraction of sp³-hybridized carbons (Fsp3) is 0.444. The quantitative estimate of drug-likeness (QED) is 0.551. The highest BCUT2D eigenvalue weighted by Crippen LogP contribution is 2.39. The lowest BCUT2D eigenvalue weighted by atomic mass is 9.86. The fourth-order valence-electron chi connectivity index (χ4n) is 5.39. The van der Waals surface area contributed by atoms with Gasteiger partial charge in [-0.25, -0.2) is 4.98 Å². The number of hydrogen-bond donors (Lipinski definition) is 1. The van der Waals surface area contributed by atoms with Crippen LogP contribution < -0.4 is 4.90 Å². The molecule has 1 fully saturated rings.